The summed E-state index contributed by atoms with van der Waals surface area (Å²) >= 11 is 7.62. The van der Waals surface area contributed by atoms with Crippen molar-refractivity contribution in [1.82, 2.24) is 10.3 Å². The number of nitrogens with zero attached hydrogens (tertiary/aromatic N) is 1. The van der Waals surface area contributed by atoms with E-state index < -0.39 is 6.09 Å². The van der Waals surface area contributed by atoms with Crippen LogP contribution < -0.4 is 10.1 Å². The number of hydrogen-bond donors (Lipinski definition) is 1. The molecule has 4 nitrogen and oxygen atoms in total. The molecule has 0 saturated heterocycles. The van der Waals surface area contributed by atoms with Crippen molar-refractivity contribution in [1.29, 1.82) is 0 Å². The van der Waals surface area contributed by atoms with E-state index in [9.17, 15) is 4.79 Å². The lowest BCUT2D eigenvalue weighted by atomic mass is 10.5. The van der Waals surface area contributed by atoms with Crippen molar-refractivity contribution in [3.05, 3.63) is 21.0 Å². The topological polar surface area (TPSA) is 51.2 Å². The summed E-state index contributed by atoms with van der Waals surface area (Å²) in [5.41, 5.74) is 0. The van der Waals surface area contributed by atoms with Crippen molar-refractivity contribution in [3.8, 4) is 5.75 Å². The molecule has 0 aromatic carbocycles. The minimum absolute atomic E-state index is 0.369. The van der Waals surface area contributed by atoms with Crippen LogP contribution in [-0.2, 0) is 0 Å². The van der Waals surface area contributed by atoms with Gasteiger partial charge in [-0.05, 0) is 28.7 Å². The fraction of sp³-hybridized carbons (Fsp3) is 0.143. The van der Waals surface area contributed by atoms with Crippen LogP contribution in [0.25, 0.3) is 0 Å². The monoisotopic (exact) mass is 312 g/mol. The van der Waals surface area contributed by atoms with E-state index in [4.69, 9.17) is 16.3 Å². The van der Waals surface area contributed by atoms with Gasteiger partial charge in [0.05, 0.1) is 9.77 Å². The summed E-state index contributed by atoms with van der Waals surface area (Å²) in [7, 11) is 1.48. The molecule has 1 aromatic heterocycles. The summed E-state index contributed by atoms with van der Waals surface area (Å²) in [4.78, 5) is 14.6. The zero-order chi connectivity index (χ0) is 9.84. The molecule has 13 heavy (non-hydrogen) atoms. The number of halogens is 2. The van der Waals surface area contributed by atoms with Gasteiger partial charge in [0.25, 0.3) is 0 Å². The number of ether oxygens (including phenoxy) is 1. The molecule has 0 aliphatic heterocycles. The SMILES string of the molecule is CNC(=O)Oc1cnc(Cl)cc1I. The number of rotatable bonds is 1. The Bertz CT molecular complexity index is 332. The Kier molecular flexibility index (Phi) is 3.73. The van der Waals surface area contributed by atoms with Crippen molar-refractivity contribution in [3.63, 3.8) is 0 Å². The molecule has 0 aliphatic carbocycles. The highest BCUT2D eigenvalue weighted by molar-refractivity contribution is 14.1. The minimum Gasteiger partial charge on any atom is -0.408 e. The number of carbonyl (C=O) groups excluding carboxylic acids is 1. The molecule has 0 fully saturated rings. The van der Waals surface area contributed by atoms with E-state index in [1.807, 2.05) is 22.6 Å². The molecule has 1 N–H and O–H groups in total. The smallest absolute Gasteiger partial charge is 0.408 e. The molecule has 1 aromatic rings. The maximum Gasteiger partial charge on any atom is 0.412 e. The number of amides is 1. The normalized spacial score (nSPS) is 9.46. The fourth-order valence-corrected chi connectivity index (χ4v) is 1.51. The third kappa shape index (κ3) is 3.00. The van der Waals surface area contributed by atoms with Crippen molar-refractivity contribution in [2.24, 2.45) is 0 Å². The van der Waals surface area contributed by atoms with Crippen molar-refractivity contribution in [2.45, 2.75) is 0 Å². The third-order valence-electron chi connectivity index (χ3n) is 1.19. The Hall–Kier alpha value is -0.560. The van der Waals surface area contributed by atoms with Gasteiger partial charge in [0.2, 0.25) is 0 Å². The van der Waals surface area contributed by atoms with E-state index in [1.54, 1.807) is 6.07 Å². The van der Waals surface area contributed by atoms with Gasteiger partial charge in [0.1, 0.15) is 5.15 Å². The average molecular weight is 312 g/mol. The molecule has 70 valence electrons. The van der Waals surface area contributed by atoms with Crippen molar-refractivity contribution < 1.29 is 9.53 Å². The molecule has 0 spiro atoms. The number of nitrogens with one attached hydrogen (secondary N) is 1. The van der Waals surface area contributed by atoms with Crippen molar-refractivity contribution in [2.75, 3.05) is 7.05 Å². The summed E-state index contributed by atoms with van der Waals surface area (Å²) in [5, 5.41) is 2.70. The van der Waals surface area contributed by atoms with Gasteiger partial charge in [-0.1, -0.05) is 11.6 Å². The van der Waals surface area contributed by atoms with Gasteiger partial charge in [0.15, 0.2) is 5.75 Å². The maximum absolute atomic E-state index is 10.8. The van der Waals surface area contributed by atoms with Crippen LogP contribution in [-0.4, -0.2) is 18.1 Å². The van der Waals surface area contributed by atoms with E-state index in [0.717, 1.165) is 3.57 Å². The highest BCUT2D eigenvalue weighted by atomic mass is 127. The zero-order valence-corrected chi connectivity index (χ0v) is 9.59. The first kappa shape index (κ1) is 10.5. The summed E-state index contributed by atoms with van der Waals surface area (Å²) < 4.78 is 5.61. The first-order valence-corrected chi connectivity index (χ1v) is 4.79. The largest absolute Gasteiger partial charge is 0.412 e. The highest BCUT2D eigenvalue weighted by Gasteiger charge is 2.06. The van der Waals surface area contributed by atoms with Gasteiger partial charge in [-0.15, -0.1) is 0 Å². The van der Waals surface area contributed by atoms with Gasteiger partial charge < -0.3 is 10.1 Å². The summed E-state index contributed by atoms with van der Waals surface area (Å²) in [6, 6.07) is 1.61. The first-order chi connectivity index (χ1) is 6.13. The van der Waals surface area contributed by atoms with E-state index >= 15 is 0 Å². The number of aromatic nitrogens is 1. The van der Waals surface area contributed by atoms with Gasteiger partial charge >= 0.3 is 6.09 Å². The number of pyridine rings is 1. The number of hydrogen-bond acceptors (Lipinski definition) is 3. The van der Waals surface area contributed by atoms with E-state index in [2.05, 4.69) is 10.3 Å². The Morgan fingerprint density at radius 1 is 1.77 bits per heavy atom. The molecule has 1 heterocycles. The van der Waals surface area contributed by atoms with Crippen LogP contribution in [0.5, 0.6) is 5.75 Å². The molecular formula is C7H6ClIN2O2. The lowest BCUT2D eigenvalue weighted by molar-refractivity contribution is 0.202. The predicted octanol–water partition coefficient (Wildman–Crippen LogP) is 2.06. The molecule has 0 bridgehead atoms. The van der Waals surface area contributed by atoms with E-state index in [0.29, 0.717) is 10.9 Å². The quantitative estimate of drug-likeness (QED) is 0.638. The highest BCUT2D eigenvalue weighted by Crippen LogP contribution is 2.21. The predicted molar refractivity (Wildman–Crippen MR) is 57.0 cm³/mol. The lowest BCUT2D eigenvalue weighted by Crippen LogP contribution is -2.22. The molecule has 0 aliphatic rings. The Balaban J connectivity index is 2.83. The van der Waals surface area contributed by atoms with Crippen LogP contribution in [0.2, 0.25) is 5.15 Å². The standard InChI is InChI=1S/C7H6ClIN2O2/c1-10-7(12)13-5-3-11-6(8)2-4(5)9/h2-3H,1H3,(H,10,12). The van der Waals surface area contributed by atoms with Gasteiger partial charge in [-0.3, -0.25) is 0 Å². The van der Waals surface area contributed by atoms with Gasteiger partial charge in [-0.25, -0.2) is 9.78 Å². The summed E-state index contributed by atoms with van der Waals surface area (Å²) in [5.74, 6) is 0.393. The average Bonchev–Trinajstić information content (AvgIpc) is 2.09. The second kappa shape index (κ2) is 4.61. The Labute approximate surface area is 93.8 Å². The lowest BCUT2D eigenvalue weighted by Gasteiger charge is -2.04. The Morgan fingerprint density at radius 3 is 3.00 bits per heavy atom. The first-order valence-electron chi connectivity index (χ1n) is 3.34. The van der Waals surface area contributed by atoms with Crippen LogP contribution in [0.1, 0.15) is 0 Å². The molecule has 0 atom stereocenters. The molecule has 1 rings (SSSR count). The van der Waals surface area contributed by atoms with E-state index in [-0.39, 0.29) is 0 Å². The van der Waals surface area contributed by atoms with Gasteiger partial charge in [-0.2, -0.15) is 0 Å². The molecule has 6 heteroatoms. The van der Waals surface area contributed by atoms with Crippen LogP contribution in [0.15, 0.2) is 12.3 Å². The zero-order valence-electron chi connectivity index (χ0n) is 6.67. The molecular weight excluding hydrogens is 306 g/mol. The van der Waals surface area contributed by atoms with Crippen molar-refractivity contribution >= 4 is 40.3 Å². The molecule has 0 saturated carbocycles. The summed E-state index contributed by atoms with van der Waals surface area (Å²) in [6.45, 7) is 0. The minimum atomic E-state index is -0.526. The fourth-order valence-electron chi connectivity index (χ4n) is 0.621. The number of carbonyl (C=O) groups is 1. The van der Waals surface area contributed by atoms with Crippen LogP contribution >= 0.6 is 34.2 Å². The Morgan fingerprint density at radius 2 is 2.46 bits per heavy atom. The molecule has 1 amide bonds. The van der Waals surface area contributed by atoms with E-state index in [1.165, 1.54) is 13.2 Å². The van der Waals surface area contributed by atoms with Crippen LogP contribution in [0.3, 0.4) is 0 Å². The van der Waals surface area contributed by atoms with Crippen LogP contribution in [0, 0.1) is 3.57 Å². The maximum atomic E-state index is 10.8. The molecule has 0 unspecified atom stereocenters. The second-order valence-electron chi connectivity index (χ2n) is 2.08. The molecule has 0 radical (unpaired) electrons. The van der Waals surface area contributed by atoms with Gasteiger partial charge in [0, 0.05) is 7.05 Å². The summed E-state index contributed by atoms with van der Waals surface area (Å²) in [6.07, 6.45) is 0.876. The van der Waals surface area contributed by atoms with Crippen LogP contribution in [0.4, 0.5) is 4.79 Å². The second-order valence-corrected chi connectivity index (χ2v) is 3.63. The third-order valence-corrected chi connectivity index (χ3v) is 2.24.